The Morgan fingerprint density at radius 3 is 2.29 bits per heavy atom. The molecule has 65 heavy (non-hydrogen) atoms. The highest BCUT2D eigenvalue weighted by Gasteiger charge is 2.45. The van der Waals surface area contributed by atoms with Crippen LogP contribution in [0.3, 0.4) is 0 Å². The van der Waals surface area contributed by atoms with Crippen molar-refractivity contribution in [1.82, 2.24) is 4.98 Å². The van der Waals surface area contributed by atoms with Gasteiger partial charge >= 0.3 is 11.9 Å². The molecule has 0 amide bonds. The van der Waals surface area contributed by atoms with Crippen molar-refractivity contribution in [3.05, 3.63) is 197 Å². The normalized spacial score (nSPS) is 13.5. The van der Waals surface area contributed by atoms with Crippen molar-refractivity contribution in [2.45, 2.75) is 70.0 Å². The highest BCUT2D eigenvalue weighted by atomic mass is 35.5. The van der Waals surface area contributed by atoms with Gasteiger partial charge in [-0.05, 0) is 127 Å². The van der Waals surface area contributed by atoms with Crippen LogP contribution in [-0.2, 0) is 44.4 Å². The molecule has 0 aliphatic heterocycles. The average molecular weight is 916 g/mol. The van der Waals surface area contributed by atoms with Gasteiger partial charge in [0.1, 0.15) is 24.6 Å². The van der Waals surface area contributed by atoms with Gasteiger partial charge in [-0.1, -0.05) is 103 Å². The number of ether oxygens (including phenoxy) is 2. The van der Waals surface area contributed by atoms with Crippen LogP contribution in [0.1, 0.15) is 94.2 Å². The van der Waals surface area contributed by atoms with Crippen molar-refractivity contribution in [2.24, 2.45) is 5.41 Å². The highest BCUT2D eigenvalue weighted by molar-refractivity contribution is 7.99. The summed E-state index contributed by atoms with van der Waals surface area (Å²) in [6, 6.07) is 38.8. The molecule has 0 unspecified atom stereocenters. The monoisotopic (exact) mass is 915 g/mol. The Morgan fingerprint density at radius 1 is 0.831 bits per heavy atom. The topological polar surface area (TPSA) is 170 Å². The number of halogens is 1. The van der Waals surface area contributed by atoms with Crippen molar-refractivity contribution in [2.75, 3.05) is 5.75 Å². The first-order chi connectivity index (χ1) is 31.2. The third-order valence-corrected chi connectivity index (χ3v) is 13.1. The lowest BCUT2D eigenvalue weighted by atomic mass is 9.89. The van der Waals surface area contributed by atoms with Crippen LogP contribution in [0.25, 0.3) is 23.1 Å². The SMILES string of the molecule is CC(C)(OC(=O)c1cccc(CO[N+](=O)[O-])c1)c1ccccc1CC[C@@H](SCC1(CC(=O)Oc2cccc(CO[N+](=O)[O-])c2)CC1)c1cccc(/C=C/c2ccc3ccc(Cl)cc3n2)c1. The van der Waals surface area contributed by atoms with Crippen molar-refractivity contribution in [3.8, 4) is 5.75 Å². The van der Waals surface area contributed by atoms with E-state index in [9.17, 15) is 29.8 Å². The van der Waals surface area contributed by atoms with Gasteiger partial charge < -0.3 is 19.1 Å². The van der Waals surface area contributed by atoms with E-state index in [0.717, 1.165) is 58.1 Å². The zero-order chi connectivity index (χ0) is 46.0. The van der Waals surface area contributed by atoms with Gasteiger partial charge in [-0.15, -0.1) is 20.2 Å². The number of esters is 2. The van der Waals surface area contributed by atoms with Crippen LogP contribution in [0, 0.1) is 25.6 Å². The molecule has 7 rings (SSSR count). The zero-order valence-electron chi connectivity index (χ0n) is 35.7. The molecule has 0 spiro atoms. The predicted molar refractivity (Wildman–Crippen MR) is 249 cm³/mol. The minimum absolute atomic E-state index is 0.0129. The number of fused-ring (bicyclic) bond motifs is 1. The molecule has 6 aromatic rings. The van der Waals surface area contributed by atoms with Gasteiger partial charge in [0, 0.05) is 21.4 Å². The third kappa shape index (κ3) is 13.1. The number of pyridine rings is 1. The van der Waals surface area contributed by atoms with E-state index in [1.165, 1.54) is 6.07 Å². The summed E-state index contributed by atoms with van der Waals surface area (Å²) in [7, 11) is 0. The number of carbonyl (C=O) groups is 2. The number of nitrogens with zero attached hydrogens (tertiary/aromatic N) is 3. The second kappa shape index (κ2) is 20.8. The van der Waals surface area contributed by atoms with E-state index < -0.39 is 21.7 Å². The van der Waals surface area contributed by atoms with Crippen LogP contribution in [0.5, 0.6) is 5.75 Å². The lowest BCUT2D eigenvalue weighted by Gasteiger charge is -2.29. The van der Waals surface area contributed by atoms with Crippen molar-refractivity contribution in [1.29, 1.82) is 0 Å². The predicted octanol–water partition coefficient (Wildman–Crippen LogP) is 11.8. The molecule has 0 radical (unpaired) electrons. The van der Waals surface area contributed by atoms with E-state index in [4.69, 9.17) is 26.1 Å². The lowest BCUT2D eigenvalue weighted by molar-refractivity contribution is -0.763. The van der Waals surface area contributed by atoms with Crippen molar-refractivity contribution in [3.63, 3.8) is 0 Å². The lowest BCUT2D eigenvalue weighted by Crippen LogP contribution is -2.27. The van der Waals surface area contributed by atoms with E-state index >= 15 is 0 Å². The zero-order valence-corrected chi connectivity index (χ0v) is 37.3. The number of rotatable bonds is 21. The van der Waals surface area contributed by atoms with Gasteiger partial charge in [0.05, 0.1) is 23.2 Å². The Kier molecular flexibility index (Phi) is 14.8. The maximum atomic E-state index is 13.5. The molecule has 1 aliphatic carbocycles. The van der Waals surface area contributed by atoms with Gasteiger partial charge in [0.2, 0.25) is 0 Å². The summed E-state index contributed by atoms with van der Waals surface area (Å²) in [6.45, 7) is 3.15. The number of aryl methyl sites for hydroxylation is 1. The minimum Gasteiger partial charge on any atom is -0.451 e. The van der Waals surface area contributed by atoms with E-state index in [1.807, 2.05) is 92.7 Å². The van der Waals surface area contributed by atoms with Crippen LogP contribution in [0.2, 0.25) is 5.02 Å². The fourth-order valence-electron chi connectivity index (χ4n) is 7.59. The maximum absolute atomic E-state index is 13.5. The number of hydrogen-bond donors (Lipinski definition) is 0. The summed E-state index contributed by atoms with van der Waals surface area (Å²) >= 11 is 8.05. The molecule has 334 valence electrons. The molecule has 5 aromatic carbocycles. The van der Waals surface area contributed by atoms with Gasteiger partial charge in [0.15, 0.2) is 0 Å². The Balaban J connectivity index is 1.08. The molecule has 0 N–H and O–H groups in total. The van der Waals surface area contributed by atoms with E-state index in [-0.39, 0.29) is 41.8 Å². The van der Waals surface area contributed by atoms with E-state index in [1.54, 1.807) is 54.2 Å². The summed E-state index contributed by atoms with van der Waals surface area (Å²) in [5.41, 5.74) is 5.54. The van der Waals surface area contributed by atoms with Gasteiger partial charge in [-0.2, -0.15) is 11.8 Å². The molecule has 1 heterocycles. The summed E-state index contributed by atoms with van der Waals surface area (Å²) in [6.07, 6.45) is 7.37. The minimum atomic E-state index is -1.03. The van der Waals surface area contributed by atoms with Crippen LogP contribution in [-0.4, -0.2) is 32.8 Å². The summed E-state index contributed by atoms with van der Waals surface area (Å²) in [5.74, 6) is 0.0740. The summed E-state index contributed by atoms with van der Waals surface area (Å²) in [4.78, 5) is 62.0. The molecular formula is C50H46ClN3O10S. The Hall–Kier alpha value is -6.77. The first-order valence-electron chi connectivity index (χ1n) is 20.9. The Labute approximate surface area is 384 Å². The molecule has 15 heteroatoms. The molecule has 1 aliphatic rings. The Morgan fingerprint density at radius 2 is 1.54 bits per heavy atom. The fraction of sp³-hybridized carbons (Fsp3) is 0.260. The quantitative estimate of drug-likeness (QED) is 0.0290. The van der Waals surface area contributed by atoms with E-state index in [0.29, 0.717) is 34.1 Å². The summed E-state index contributed by atoms with van der Waals surface area (Å²) < 4.78 is 11.8. The van der Waals surface area contributed by atoms with Crippen LogP contribution >= 0.6 is 23.4 Å². The molecule has 1 aromatic heterocycles. The van der Waals surface area contributed by atoms with Crippen molar-refractivity contribution >= 4 is 58.4 Å². The smallest absolute Gasteiger partial charge is 0.339 e. The first kappa shape index (κ1) is 46.2. The number of carbonyl (C=O) groups excluding carboxylic acids is 2. The molecule has 1 saturated carbocycles. The number of hydrogen-bond acceptors (Lipinski definition) is 12. The van der Waals surface area contributed by atoms with Gasteiger partial charge in [0.25, 0.3) is 10.2 Å². The fourth-order valence-corrected chi connectivity index (χ4v) is 9.32. The molecule has 13 nitrogen and oxygen atoms in total. The average Bonchev–Trinajstić information content (AvgIpc) is 4.05. The third-order valence-electron chi connectivity index (χ3n) is 11.1. The molecular weight excluding hydrogens is 870 g/mol. The molecule has 1 atom stereocenters. The standard InChI is InChI=1S/C50H46ClN3O10S/c1-49(2,64-48(56)40-13-6-9-35(27-40)31-61-53(57)58)44-15-4-3-11-37(44)19-23-46(39-12-5-8-34(26-39)16-21-42-22-18-38-17-20-41(51)29-45(38)52-42)65-33-50(24-25-50)30-47(55)63-43-14-7-10-36(28-43)32-62-54(59)60/h3-18,20-22,26-29,46H,19,23-25,30-33H2,1-2H3/b21-16+/t46-/m1/s1. The highest BCUT2D eigenvalue weighted by Crippen LogP contribution is 2.53. The summed E-state index contributed by atoms with van der Waals surface area (Å²) in [5, 5.41) is 21.3. The Bertz CT molecular complexity index is 2740. The van der Waals surface area contributed by atoms with Crippen molar-refractivity contribution < 1.29 is 38.9 Å². The second-order valence-corrected chi connectivity index (χ2v) is 18.1. The van der Waals surface area contributed by atoms with E-state index in [2.05, 4.69) is 21.8 Å². The number of aromatic nitrogens is 1. The van der Waals surface area contributed by atoms with Crippen LogP contribution in [0.15, 0.2) is 127 Å². The maximum Gasteiger partial charge on any atom is 0.339 e. The molecule has 1 fully saturated rings. The molecule has 0 saturated heterocycles. The largest absolute Gasteiger partial charge is 0.451 e. The second-order valence-electron chi connectivity index (χ2n) is 16.5. The number of thioether (sulfide) groups is 1. The van der Waals surface area contributed by atoms with Gasteiger partial charge in [-0.25, -0.2) is 9.78 Å². The number of benzene rings is 5. The first-order valence-corrected chi connectivity index (χ1v) is 22.4. The van der Waals surface area contributed by atoms with Gasteiger partial charge in [-0.3, -0.25) is 4.79 Å². The molecule has 0 bridgehead atoms. The van der Waals surface area contributed by atoms with Crippen LogP contribution < -0.4 is 4.74 Å². The van der Waals surface area contributed by atoms with Crippen LogP contribution in [0.4, 0.5) is 0 Å².